The van der Waals surface area contributed by atoms with Gasteiger partial charge in [-0.2, -0.15) is 0 Å². The number of aryl methyl sites for hydroxylation is 1. The molecule has 0 bridgehead atoms. The first kappa shape index (κ1) is 13.2. The van der Waals surface area contributed by atoms with Crippen molar-refractivity contribution in [2.75, 3.05) is 7.11 Å². The molecule has 0 radical (unpaired) electrons. The highest BCUT2D eigenvalue weighted by Crippen LogP contribution is 2.10. The van der Waals surface area contributed by atoms with E-state index in [-0.39, 0.29) is 5.97 Å². The number of esters is 1. The Kier molecular flexibility index (Phi) is 5.89. The molecule has 1 rings (SSSR count). The maximum absolute atomic E-state index is 11.1. The minimum absolute atomic E-state index is 0.364. The lowest BCUT2D eigenvalue weighted by atomic mass is 10.1. The molecule has 0 amide bonds. The van der Waals surface area contributed by atoms with Gasteiger partial charge in [-0.25, -0.2) is 4.79 Å². The van der Waals surface area contributed by atoms with Crippen molar-refractivity contribution in [3.63, 3.8) is 0 Å². The molecule has 2 nitrogen and oxygen atoms in total. The molecule has 0 spiro atoms. The van der Waals surface area contributed by atoms with Crippen molar-refractivity contribution in [3.8, 4) is 12.3 Å². The quantitative estimate of drug-likeness (QED) is 0.519. The molecule has 0 saturated heterocycles. The van der Waals surface area contributed by atoms with Crippen molar-refractivity contribution in [1.82, 2.24) is 0 Å². The molecule has 0 saturated carbocycles. The van der Waals surface area contributed by atoms with Crippen LogP contribution in [0.25, 0.3) is 0 Å². The Hall–Kier alpha value is -1.75. The Labute approximate surface area is 91.3 Å². The standard InChI is InChI=1S/C11H10O2.C2H6/c1-4-9-7-10(11(12)13-3)6-5-8(9)2;1-2/h1,5-7H,2-3H3;1-2H3. The summed E-state index contributed by atoms with van der Waals surface area (Å²) in [5.74, 6) is 2.14. The minimum atomic E-state index is -0.364. The molecule has 0 N–H and O–H groups in total. The predicted octanol–water partition coefficient (Wildman–Crippen LogP) is 2.79. The summed E-state index contributed by atoms with van der Waals surface area (Å²) >= 11 is 0. The van der Waals surface area contributed by atoms with Crippen LogP contribution in [0, 0.1) is 19.3 Å². The van der Waals surface area contributed by atoms with Crippen molar-refractivity contribution in [1.29, 1.82) is 0 Å². The fourth-order valence-electron chi connectivity index (χ4n) is 1.02. The van der Waals surface area contributed by atoms with Crippen LogP contribution in [0.5, 0.6) is 0 Å². The van der Waals surface area contributed by atoms with Crippen molar-refractivity contribution in [2.45, 2.75) is 20.8 Å². The van der Waals surface area contributed by atoms with Gasteiger partial charge in [-0.1, -0.05) is 25.8 Å². The lowest BCUT2D eigenvalue weighted by Crippen LogP contribution is -2.01. The van der Waals surface area contributed by atoms with E-state index < -0.39 is 0 Å². The smallest absolute Gasteiger partial charge is 0.337 e. The predicted molar refractivity (Wildman–Crippen MR) is 61.8 cm³/mol. The van der Waals surface area contributed by atoms with Gasteiger partial charge < -0.3 is 4.74 Å². The second kappa shape index (κ2) is 6.67. The number of carbonyl (C=O) groups excluding carboxylic acids is 1. The molecule has 1 aromatic carbocycles. The summed E-state index contributed by atoms with van der Waals surface area (Å²) in [5.41, 5.74) is 2.19. The normalized spacial score (nSPS) is 8.20. The van der Waals surface area contributed by atoms with Gasteiger partial charge in [-0.05, 0) is 24.6 Å². The van der Waals surface area contributed by atoms with Gasteiger partial charge in [0.1, 0.15) is 0 Å². The monoisotopic (exact) mass is 204 g/mol. The van der Waals surface area contributed by atoms with Gasteiger partial charge in [0.25, 0.3) is 0 Å². The van der Waals surface area contributed by atoms with Crippen LogP contribution in [-0.2, 0) is 4.74 Å². The summed E-state index contributed by atoms with van der Waals surface area (Å²) in [5, 5.41) is 0. The van der Waals surface area contributed by atoms with E-state index in [0.717, 1.165) is 11.1 Å². The van der Waals surface area contributed by atoms with Crippen LogP contribution in [-0.4, -0.2) is 13.1 Å². The van der Waals surface area contributed by atoms with Crippen LogP contribution in [0.15, 0.2) is 18.2 Å². The summed E-state index contributed by atoms with van der Waals surface area (Å²) < 4.78 is 4.57. The van der Waals surface area contributed by atoms with E-state index in [2.05, 4.69) is 10.7 Å². The van der Waals surface area contributed by atoms with Crippen LogP contribution in [0.3, 0.4) is 0 Å². The lowest BCUT2D eigenvalue weighted by molar-refractivity contribution is 0.0600. The number of carbonyl (C=O) groups is 1. The van der Waals surface area contributed by atoms with E-state index in [1.807, 2.05) is 20.8 Å². The SMILES string of the molecule is C#Cc1cc(C(=O)OC)ccc1C.CC. The van der Waals surface area contributed by atoms with E-state index >= 15 is 0 Å². The Balaban J connectivity index is 0.000000921. The van der Waals surface area contributed by atoms with Crippen molar-refractivity contribution in [2.24, 2.45) is 0 Å². The molecule has 0 aliphatic rings. The zero-order valence-electron chi connectivity index (χ0n) is 9.63. The summed E-state index contributed by atoms with van der Waals surface area (Å²) in [6.45, 7) is 5.90. The van der Waals surface area contributed by atoms with Crippen molar-refractivity contribution >= 4 is 5.97 Å². The summed E-state index contributed by atoms with van der Waals surface area (Å²) in [6, 6.07) is 5.16. The highest BCUT2D eigenvalue weighted by molar-refractivity contribution is 5.89. The third kappa shape index (κ3) is 3.47. The average molecular weight is 204 g/mol. The fourth-order valence-corrected chi connectivity index (χ4v) is 1.02. The second-order valence-corrected chi connectivity index (χ2v) is 2.67. The third-order valence-corrected chi connectivity index (χ3v) is 1.81. The molecule has 1 aromatic rings. The van der Waals surface area contributed by atoms with Crippen LogP contribution in [0.2, 0.25) is 0 Å². The highest BCUT2D eigenvalue weighted by Gasteiger charge is 2.05. The molecule has 0 aliphatic heterocycles. The number of methoxy groups -OCH3 is 1. The van der Waals surface area contributed by atoms with Gasteiger partial charge in [0.2, 0.25) is 0 Å². The van der Waals surface area contributed by atoms with E-state index in [4.69, 9.17) is 6.42 Å². The van der Waals surface area contributed by atoms with Gasteiger partial charge in [-0.3, -0.25) is 0 Å². The Morgan fingerprint density at radius 2 is 2.00 bits per heavy atom. The molecule has 0 aliphatic carbocycles. The van der Waals surface area contributed by atoms with Gasteiger partial charge in [0, 0.05) is 5.56 Å². The average Bonchev–Trinajstić information content (AvgIpc) is 2.31. The van der Waals surface area contributed by atoms with Gasteiger partial charge >= 0.3 is 5.97 Å². The summed E-state index contributed by atoms with van der Waals surface area (Å²) in [7, 11) is 1.34. The first-order chi connectivity index (χ1) is 7.19. The lowest BCUT2D eigenvalue weighted by Gasteiger charge is -2.01. The number of hydrogen-bond acceptors (Lipinski definition) is 2. The van der Waals surface area contributed by atoms with E-state index in [1.165, 1.54) is 7.11 Å². The number of benzene rings is 1. The fraction of sp³-hybridized carbons (Fsp3) is 0.308. The zero-order chi connectivity index (χ0) is 11.8. The Morgan fingerprint density at radius 3 is 2.47 bits per heavy atom. The Bertz CT molecular complexity index is 373. The third-order valence-electron chi connectivity index (χ3n) is 1.81. The largest absolute Gasteiger partial charge is 0.465 e. The molecule has 0 fully saturated rings. The van der Waals surface area contributed by atoms with E-state index in [0.29, 0.717) is 5.56 Å². The maximum atomic E-state index is 11.1. The van der Waals surface area contributed by atoms with Crippen molar-refractivity contribution < 1.29 is 9.53 Å². The van der Waals surface area contributed by atoms with Crippen LogP contribution < -0.4 is 0 Å². The minimum Gasteiger partial charge on any atom is -0.465 e. The molecular weight excluding hydrogens is 188 g/mol. The number of terminal acetylenes is 1. The first-order valence-corrected chi connectivity index (χ1v) is 4.84. The summed E-state index contributed by atoms with van der Waals surface area (Å²) in [6.07, 6.45) is 5.26. The molecule has 0 unspecified atom stereocenters. The van der Waals surface area contributed by atoms with Gasteiger partial charge in [0.15, 0.2) is 0 Å². The van der Waals surface area contributed by atoms with E-state index in [1.54, 1.807) is 18.2 Å². The number of hydrogen-bond donors (Lipinski definition) is 0. The molecular formula is C13H16O2. The Morgan fingerprint density at radius 1 is 1.40 bits per heavy atom. The second-order valence-electron chi connectivity index (χ2n) is 2.67. The molecule has 15 heavy (non-hydrogen) atoms. The first-order valence-electron chi connectivity index (χ1n) is 4.84. The molecule has 0 heterocycles. The van der Waals surface area contributed by atoms with Gasteiger partial charge in [-0.15, -0.1) is 6.42 Å². The molecule has 0 aromatic heterocycles. The summed E-state index contributed by atoms with van der Waals surface area (Å²) in [4.78, 5) is 11.1. The van der Waals surface area contributed by atoms with Crippen LogP contribution in [0.4, 0.5) is 0 Å². The van der Waals surface area contributed by atoms with Crippen LogP contribution >= 0.6 is 0 Å². The van der Waals surface area contributed by atoms with E-state index in [9.17, 15) is 4.79 Å². The zero-order valence-corrected chi connectivity index (χ0v) is 9.63. The number of rotatable bonds is 1. The molecule has 2 heteroatoms. The molecule has 0 atom stereocenters. The van der Waals surface area contributed by atoms with Crippen molar-refractivity contribution in [3.05, 3.63) is 34.9 Å². The highest BCUT2D eigenvalue weighted by atomic mass is 16.5. The topological polar surface area (TPSA) is 26.3 Å². The molecule has 80 valence electrons. The maximum Gasteiger partial charge on any atom is 0.337 e. The van der Waals surface area contributed by atoms with Gasteiger partial charge in [0.05, 0.1) is 12.7 Å². The van der Waals surface area contributed by atoms with Crippen LogP contribution in [0.1, 0.15) is 35.3 Å². The number of ether oxygens (including phenoxy) is 1.